The van der Waals surface area contributed by atoms with Gasteiger partial charge in [0.15, 0.2) is 0 Å². The Morgan fingerprint density at radius 3 is 2.70 bits per heavy atom. The normalized spacial score (nSPS) is 28.4. The summed E-state index contributed by atoms with van der Waals surface area (Å²) in [5.41, 5.74) is 0.904. The summed E-state index contributed by atoms with van der Waals surface area (Å²) in [5.74, 6) is -0.375. The molecule has 0 aromatic heterocycles. The Hall–Kier alpha value is -0.680. The molecule has 2 aliphatic heterocycles. The molecule has 0 saturated carbocycles. The fraction of sp³-hybridized carbons (Fsp3) is 0.600. The van der Waals surface area contributed by atoms with Crippen LogP contribution in [0, 0.1) is 5.82 Å². The van der Waals surface area contributed by atoms with E-state index in [4.69, 9.17) is 11.6 Å². The van der Waals surface area contributed by atoms with Crippen molar-refractivity contribution in [3.63, 3.8) is 0 Å². The number of aliphatic hydroxyl groups is 1. The third-order valence-electron chi connectivity index (χ3n) is 4.33. The number of nitrogens with zero attached hydrogens (tertiary/aromatic N) is 2. The van der Waals surface area contributed by atoms with Gasteiger partial charge in [0.2, 0.25) is 0 Å². The minimum atomic E-state index is -0.375. The molecule has 0 radical (unpaired) electrons. The van der Waals surface area contributed by atoms with E-state index in [2.05, 4.69) is 9.80 Å². The highest BCUT2D eigenvalue weighted by molar-refractivity contribution is 6.30. The molecule has 0 aliphatic carbocycles. The molecule has 110 valence electrons. The molecule has 0 bridgehead atoms. The van der Waals surface area contributed by atoms with Gasteiger partial charge < -0.3 is 5.11 Å². The van der Waals surface area contributed by atoms with Gasteiger partial charge >= 0.3 is 0 Å². The fourth-order valence-corrected chi connectivity index (χ4v) is 3.42. The van der Waals surface area contributed by atoms with Crippen molar-refractivity contribution >= 4 is 11.6 Å². The molecule has 0 unspecified atom stereocenters. The molecule has 2 aliphatic rings. The Labute approximate surface area is 123 Å². The minimum Gasteiger partial charge on any atom is -0.390 e. The smallest absolute Gasteiger partial charge is 0.142 e. The largest absolute Gasteiger partial charge is 0.390 e. The highest BCUT2D eigenvalue weighted by Crippen LogP contribution is 2.23. The minimum absolute atomic E-state index is 0.158. The van der Waals surface area contributed by atoms with E-state index in [1.165, 1.54) is 18.9 Å². The van der Waals surface area contributed by atoms with Crippen LogP contribution in [0.4, 0.5) is 4.39 Å². The monoisotopic (exact) mass is 298 g/mol. The molecule has 2 saturated heterocycles. The maximum Gasteiger partial charge on any atom is 0.142 e. The number of hydrogen-bond acceptors (Lipinski definition) is 3. The van der Waals surface area contributed by atoms with Crippen LogP contribution in [0.5, 0.6) is 0 Å². The Bertz CT molecular complexity index is 479. The standard InChI is InChI=1S/C15H20ClFN2O/c16-12-4-3-11(7-13(12)17)8-18-9-14(15(20)10-18)19-5-1-2-6-19/h3-4,7,14-15,20H,1-2,5-6,8-10H2/t14-,15-/m0/s1. The van der Waals surface area contributed by atoms with Crippen molar-refractivity contribution in [3.8, 4) is 0 Å². The summed E-state index contributed by atoms with van der Waals surface area (Å²) in [6, 6.07) is 5.16. The first kappa shape index (κ1) is 14.3. The van der Waals surface area contributed by atoms with Crippen molar-refractivity contribution < 1.29 is 9.50 Å². The topological polar surface area (TPSA) is 26.7 Å². The zero-order valence-corrected chi connectivity index (χ0v) is 12.2. The van der Waals surface area contributed by atoms with Gasteiger partial charge in [-0.2, -0.15) is 0 Å². The maximum atomic E-state index is 13.4. The number of halogens is 2. The van der Waals surface area contributed by atoms with Crippen LogP contribution in [-0.2, 0) is 6.54 Å². The van der Waals surface area contributed by atoms with Crippen LogP contribution in [0.3, 0.4) is 0 Å². The van der Waals surface area contributed by atoms with Crippen LogP contribution >= 0.6 is 11.6 Å². The third-order valence-corrected chi connectivity index (χ3v) is 4.64. The van der Waals surface area contributed by atoms with Gasteiger partial charge in [-0.1, -0.05) is 17.7 Å². The lowest BCUT2D eigenvalue weighted by Gasteiger charge is -2.25. The lowest BCUT2D eigenvalue weighted by Crippen LogP contribution is -2.41. The summed E-state index contributed by atoms with van der Waals surface area (Å²) in [6.07, 6.45) is 2.15. The van der Waals surface area contributed by atoms with Gasteiger partial charge in [0.1, 0.15) is 5.82 Å². The molecule has 1 aromatic carbocycles. The molecule has 5 heteroatoms. The first-order valence-corrected chi connectivity index (χ1v) is 7.59. The summed E-state index contributed by atoms with van der Waals surface area (Å²) < 4.78 is 13.4. The van der Waals surface area contributed by atoms with Crippen LogP contribution in [0.15, 0.2) is 18.2 Å². The summed E-state index contributed by atoms with van der Waals surface area (Å²) in [7, 11) is 0. The van der Waals surface area contributed by atoms with E-state index in [1.54, 1.807) is 6.07 Å². The predicted octanol–water partition coefficient (Wildman–Crippen LogP) is 2.12. The lowest BCUT2D eigenvalue weighted by molar-refractivity contribution is 0.0978. The second-order valence-electron chi connectivity index (χ2n) is 5.82. The third kappa shape index (κ3) is 2.98. The van der Waals surface area contributed by atoms with Gasteiger partial charge in [0.25, 0.3) is 0 Å². The summed E-state index contributed by atoms with van der Waals surface area (Å²) in [4.78, 5) is 4.57. The highest BCUT2D eigenvalue weighted by Gasteiger charge is 2.36. The van der Waals surface area contributed by atoms with Gasteiger partial charge in [0.05, 0.1) is 11.1 Å². The molecule has 2 atom stereocenters. The highest BCUT2D eigenvalue weighted by atomic mass is 35.5. The predicted molar refractivity (Wildman–Crippen MR) is 77.3 cm³/mol. The van der Waals surface area contributed by atoms with Crippen molar-refractivity contribution in [2.24, 2.45) is 0 Å². The lowest BCUT2D eigenvalue weighted by atomic mass is 10.2. The zero-order valence-electron chi connectivity index (χ0n) is 11.4. The van der Waals surface area contributed by atoms with E-state index >= 15 is 0 Å². The number of hydrogen-bond donors (Lipinski definition) is 1. The number of likely N-dealkylation sites (tertiary alicyclic amines) is 2. The molecular weight excluding hydrogens is 279 g/mol. The average Bonchev–Trinajstić information content (AvgIpc) is 3.03. The molecule has 3 rings (SSSR count). The maximum absolute atomic E-state index is 13.4. The summed E-state index contributed by atoms with van der Waals surface area (Å²) >= 11 is 5.69. The van der Waals surface area contributed by atoms with Crippen molar-refractivity contribution in [2.45, 2.75) is 31.5 Å². The van der Waals surface area contributed by atoms with E-state index in [9.17, 15) is 9.50 Å². The van der Waals surface area contributed by atoms with Crippen molar-refractivity contribution in [1.82, 2.24) is 9.80 Å². The summed E-state index contributed by atoms with van der Waals surface area (Å²) in [6.45, 7) is 4.35. The van der Waals surface area contributed by atoms with E-state index in [1.807, 2.05) is 6.07 Å². The van der Waals surface area contributed by atoms with E-state index in [0.29, 0.717) is 13.1 Å². The van der Waals surface area contributed by atoms with Gasteiger partial charge in [0, 0.05) is 25.7 Å². The first-order chi connectivity index (χ1) is 9.63. The molecule has 20 heavy (non-hydrogen) atoms. The second-order valence-corrected chi connectivity index (χ2v) is 6.23. The van der Waals surface area contributed by atoms with Crippen molar-refractivity contribution in [1.29, 1.82) is 0 Å². The Morgan fingerprint density at radius 2 is 2.00 bits per heavy atom. The Balaban J connectivity index is 1.62. The van der Waals surface area contributed by atoms with Gasteiger partial charge in [-0.25, -0.2) is 4.39 Å². The molecule has 2 fully saturated rings. The molecule has 0 spiro atoms. The fourth-order valence-electron chi connectivity index (χ4n) is 3.30. The molecule has 3 nitrogen and oxygen atoms in total. The molecule has 0 amide bonds. The molecule has 1 aromatic rings. The van der Waals surface area contributed by atoms with Crippen molar-refractivity contribution in [3.05, 3.63) is 34.6 Å². The second kappa shape index (κ2) is 5.98. The number of aliphatic hydroxyl groups excluding tert-OH is 1. The van der Waals surface area contributed by atoms with E-state index in [0.717, 1.165) is 25.2 Å². The van der Waals surface area contributed by atoms with Gasteiger partial charge in [-0.05, 0) is 43.6 Å². The van der Waals surface area contributed by atoms with E-state index < -0.39 is 0 Å². The van der Waals surface area contributed by atoms with Crippen LogP contribution < -0.4 is 0 Å². The Kier molecular flexibility index (Phi) is 4.26. The Morgan fingerprint density at radius 1 is 1.25 bits per heavy atom. The van der Waals surface area contributed by atoms with Gasteiger partial charge in [-0.15, -0.1) is 0 Å². The van der Waals surface area contributed by atoms with Crippen LogP contribution in [0.25, 0.3) is 0 Å². The zero-order chi connectivity index (χ0) is 14.1. The average molecular weight is 299 g/mol. The number of β-amino-alcohol motifs (C(OH)–C–C–N with tert-alkyl or cyclic N) is 1. The summed E-state index contributed by atoms with van der Waals surface area (Å²) in [5, 5.41) is 10.4. The quantitative estimate of drug-likeness (QED) is 0.926. The number of rotatable bonds is 3. The van der Waals surface area contributed by atoms with Crippen LogP contribution in [-0.4, -0.2) is 53.2 Å². The van der Waals surface area contributed by atoms with Crippen molar-refractivity contribution in [2.75, 3.05) is 26.2 Å². The first-order valence-electron chi connectivity index (χ1n) is 7.22. The van der Waals surface area contributed by atoms with Crippen LogP contribution in [0.2, 0.25) is 5.02 Å². The SMILES string of the molecule is O[C@H]1CN(Cc2ccc(Cl)c(F)c2)C[C@@H]1N1CCCC1. The van der Waals surface area contributed by atoms with Gasteiger partial charge in [-0.3, -0.25) is 9.80 Å². The molecule has 2 heterocycles. The van der Waals surface area contributed by atoms with Crippen LogP contribution in [0.1, 0.15) is 18.4 Å². The molecular formula is C15H20ClFN2O. The molecule has 1 N–H and O–H groups in total. The number of benzene rings is 1. The van der Waals surface area contributed by atoms with E-state index in [-0.39, 0.29) is 23.0 Å².